The van der Waals surface area contributed by atoms with Crippen molar-refractivity contribution in [2.75, 3.05) is 13.7 Å². The van der Waals surface area contributed by atoms with Gasteiger partial charge in [0.15, 0.2) is 0 Å². The number of allylic oxidation sites excluding steroid dienone is 1. The van der Waals surface area contributed by atoms with Crippen molar-refractivity contribution in [1.82, 2.24) is 0 Å². The van der Waals surface area contributed by atoms with Gasteiger partial charge in [-0.25, -0.2) is 9.59 Å². The van der Waals surface area contributed by atoms with E-state index in [1.54, 1.807) is 12.2 Å². The summed E-state index contributed by atoms with van der Waals surface area (Å²) in [6.07, 6.45) is 2.17. The van der Waals surface area contributed by atoms with Crippen molar-refractivity contribution >= 4 is 18.2 Å². The molecule has 2 aliphatic rings. The molecule has 7 nitrogen and oxygen atoms in total. The SMILES string of the molecule is C=C(C)C(=O)O[C@H]1[C@H]2C(=C)C(=O)O[C@@H]2/C=C(/CO)CC/C=C(/C=O)[C@@H]1OC. The van der Waals surface area contributed by atoms with Gasteiger partial charge in [-0.1, -0.05) is 19.2 Å². The van der Waals surface area contributed by atoms with Crippen LogP contribution in [-0.4, -0.2) is 55.4 Å². The second-order valence-corrected chi connectivity index (χ2v) is 6.57. The summed E-state index contributed by atoms with van der Waals surface area (Å²) in [4.78, 5) is 36.0. The molecule has 146 valence electrons. The van der Waals surface area contributed by atoms with Gasteiger partial charge in [0.1, 0.15) is 24.6 Å². The molecule has 7 heteroatoms. The van der Waals surface area contributed by atoms with Crippen LogP contribution in [0.25, 0.3) is 0 Å². The minimum absolute atomic E-state index is 0.112. The van der Waals surface area contributed by atoms with Crippen molar-refractivity contribution < 1.29 is 33.7 Å². The summed E-state index contributed by atoms with van der Waals surface area (Å²) in [5.74, 6) is -2.07. The number of carbonyl (C=O) groups excluding carboxylic acids is 3. The smallest absolute Gasteiger partial charge is 0.334 e. The van der Waals surface area contributed by atoms with E-state index in [2.05, 4.69) is 13.2 Å². The minimum atomic E-state index is -1.03. The average Bonchev–Trinajstić information content (AvgIpc) is 2.92. The Kier molecular flexibility index (Phi) is 6.87. The molecule has 0 radical (unpaired) electrons. The lowest BCUT2D eigenvalue weighted by Crippen LogP contribution is -2.44. The maximum Gasteiger partial charge on any atom is 0.334 e. The first-order valence-electron chi connectivity index (χ1n) is 8.58. The molecule has 1 saturated heterocycles. The highest BCUT2D eigenvalue weighted by Gasteiger charge is 2.48. The molecule has 0 saturated carbocycles. The predicted molar refractivity (Wildman–Crippen MR) is 96.6 cm³/mol. The number of rotatable bonds is 5. The third-order valence-electron chi connectivity index (χ3n) is 4.67. The summed E-state index contributed by atoms with van der Waals surface area (Å²) in [7, 11) is 1.39. The number of esters is 2. The Balaban J connectivity index is 2.59. The van der Waals surface area contributed by atoms with Crippen molar-refractivity contribution in [2.45, 2.75) is 38.1 Å². The van der Waals surface area contributed by atoms with Crippen molar-refractivity contribution in [2.24, 2.45) is 5.92 Å². The van der Waals surface area contributed by atoms with E-state index in [0.29, 0.717) is 24.7 Å². The summed E-state index contributed by atoms with van der Waals surface area (Å²) in [6.45, 7) is 8.61. The molecule has 1 heterocycles. The summed E-state index contributed by atoms with van der Waals surface area (Å²) >= 11 is 0. The normalized spacial score (nSPS) is 32.3. The molecule has 1 N–H and O–H groups in total. The maximum atomic E-state index is 12.2. The number of fused-ring (bicyclic) bond motifs is 1. The van der Waals surface area contributed by atoms with Crippen molar-refractivity contribution in [1.29, 1.82) is 0 Å². The van der Waals surface area contributed by atoms with Crippen LogP contribution in [0.4, 0.5) is 0 Å². The van der Waals surface area contributed by atoms with Crippen LogP contribution in [0, 0.1) is 5.92 Å². The van der Waals surface area contributed by atoms with Crippen LogP contribution in [0.1, 0.15) is 19.8 Å². The lowest BCUT2D eigenvalue weighted by Gasteiger charge is -2.32. The van der Waals surface area contributed by atoms with Crippen LogP contribution < -0.4 is 0 Å². The zero-order valence-electron chi connectivity index (χ0n) is 15.5. The van der Waals surface area contributed by atoms with Crippen molar-refractivity contribution in [3.63, 3.8) is 0 Å². The molecule has 0 amide bonds. The van der Waals surface area contributed by atoms with Crippen LogP contribution in [0.2, 0.25) is 0 Å². The Morgan fingerprint density at radius 2 is 2.19 bits per heavy atom. The number of carbonyl (C=O) groups is 3. The summed E-state index contributed by atoms with van der Waals surface area (Å²) < 4.78 is 16.4. The summed E-state index contributed by atoms with van der Waals surface area (Å²) in [6, 6.07) is 0. The van der Waals surface area contributed by atoms with Crippen molar-refractivity contribution in [3.8, 4) is 0 Å². The van der Waals surface area contributed by atoms with Gasteiger partial charge in [-0.15, -0.1) is 0 Å². The predicted octanol–water partition coefficient (Wildman–Crippen LogP) is 1.42. The molecule has 1 fully saturated rings. The molecule has 0 aromatic carbocycles. The van der Waals surface area contributed by atoms with E-state index in [1.165, 1.54) is 14.0 Å². The van der Waals surface area contributed by atoms with Gasteiger partial charge in [-0.05, 0) is 31.4 Å². The van der Waals surface area contributed by atoms with Gasteiger partial charge in [-0.2, -0.15) is 0 Å². The highest BCUT2D eigenvalue weighted by molar-refractivity contribution is 5.92. The van der Waals surface area contributed by atoms with Gasteiger partial charge in [0.2, 0.25) is 0 Å². The molecular formula is C20H24O7. The molecule has 4 atom stereocenters. The van der Waals surface area contributed by atoms with Crippen LogP contribution in [-0.2, 0) is 28.6 Å². The van der Waals surface area contributed by atoms with Gasteiger partial charge >= 0.3 is 11.9 Å². The van der Waals surface area contributed by atoms with E-state index in [0.717, 1.165) is 0 Å². The molecule has 0 bridgehead atoms. The molecule has 1 aliphatic heterocycles. The van der Waals surface area contributed by atoms with Crippen molar-refractivity contribution in [3.05, 3.63) is 47.6 Å². The zero-order chi connectivity index (χ0) is 20.1. The zero-order valence-corrected chi connectivity index (χ0v) is 15.5. The van der Waals surface area contributed by atoms with Gasteiger partial charge in [0, 0.05) is 23.8 Å². The van der Waals surface area contributed by atoms with Crippen LogP contribution in [0.5, 0.6) is 0 Å². The largest absolute Gasteiger partial charge is 0.455 e. The van der Waals surface area contributed by atoms with Crippen LogP contribution >= 0.6 is 0 Å². The number of hydrogen-bond donors (Lipinski definition) is 1. The van der Waals surface area contributed by atoms with Gasteiger partial charge in [0.05, 0.1) is 12.5 Å². The Morgan fingerprint density at radius 3 is 2.74 bits per heavy atom. The molecule has 27 heavy (non-hydrogen) atoms. The molecule has 0 aromatic rings. The quantitative estimate of drug-likeness (QED) is 0.335. The topological polar surface area (TPSA) is 99.1 Å². The van der Waals surface area contributed by atoms with E-state index < -0.39 is 36.2 Å². The number of methoxy groups -OCH3 is 1. The molecular weight excluding hydrogens is 352 g/mol. The lowest BCUT2D eigenvalue weighted by atomic mass is 9.83. The van der Waals surface area contributed by atoms with E-state index in [9.17, 15) is 19.5 Å². The highest BCUT2D eigenvalue weighted by Crippen LogP contribution is 2.37. The first-order valence-corrected chi connectivity index (χ1v) is 8.58. The van der Waals surface area contributed by atoms with E-state index in [4.69, 9.17) is 14.2 Å². The first kappa shape index (κ1) is 20.8. The first-order chi connectivity index (χ1) is 12.8. The number of ether oxygens (including phenoxy) is 3. The number of aldehydes is 1. The summed E-state index contributed by atoms with van der Waals surface area (Å²) in [5, 5.41) is 9.58. The monoisotopic (exact) mass is 376 g/mol. The number of aliphatic hydroxyl groups excluding tert-OH is 1. The van der Waals surface area contributed by atoms with Gasteiger partial charge in [0.25, 0.3) is 0 Å². The average molecular weight is 376 g/mol. The van der Waals surface area contributed by atoms with Gasteiger partial charge < -0.3 is 19.3 Å². The van der Waals surface area contributed by atoms with Gasteiger partial charge in [-0.3, -0.25) is 4.79 Å². The third-order valence-corrected chi connectivity index (χ3v) is 4.67. The fraction of sp³-hybridized carbons (Fsp3) is 0.450. The Morgan fingerprint density at radius 1 is 1.48 bits per heavy atom. The van der Waals surface area contributed by atoms with E-state index >= 15 is 0 Å². The standard InChI is InChI=1S/C20H24O7/c1-11(2)19(23)27-18-16-12(3)20(24)26-15(16)8-13(9-21)6-5-7-14(10-22)17(18)25-4/h7-8,10,15-18,21H,1,3,5-6,9H2,2,4H3/b13-8+,14-7-/t15-,16+,17+,18+/m1/s1. The Labute approximate surface area is 158 Å². The molecule has 0 spiro atoms. The molecule has 2 rings (SSSR count). The molecule has 0 unspecified atom stereocenters. The Hall–Kier alpha value is -2.51. The lowest BCUT2D eigenvalue weighted by molar-refractivity contribution is -0.155. The van der Waals surface area contributed by atoms with Crippen LogP contribution in [0.3, 0.4) is 0 Å². The Bertz CT molecular complexity index is 716. The third kappa shape index (κ3) is 4.43. The maximum absolute atomic E-state index is 12.2. The van der Waals surface area contributed by atoms with E-state index in [1.807, 2.05) is 0 Å². The fourth-order valence-electron chi connectivity index (χ4n) is 3.24. The number of aliphatic hydroxyl groups is 1. The van der Waals surface area contributed by atoms with E-state index in [-0.39, 0.29) is 23.3 Å². The van der Waals surface area contributed by atoms with Crippen LogP contribution in [0.15, 0.2) is 47.6 Å². The highest BCUT2D eigenvalue weighted by atomic mass is 16.6. The number of hydrogen-bond acceptors (Lipinski definition) is 7. The molecule has 0 aromatic heterocycles. The summed E-state index contributed by atoms with van der Waals surface area (Å²) in [5.41, 5.74) is 1.20. The molecule has 1 aliphatic carbocycles. The fourth-order valence-corrected chi connectivity index (χ4v) is 3.24. The second kappa shape index (κ2) is 8.92. The minimum Gasteiger partial charge on any atom is -0.455 e. The second-order valence-electron chi connectivity index (χ2n) is 6.57.